The van der Waals surface area contributed by atoms with E-state index in [0.717, 1.165) is 47.8 Å². The lowest BCUT2D eigenvalue weighted by atomic mass is 10.2. The predicted octanol–water partition coefficient (Wildman–Crippen LogP) is 3.71. The summed E-state index contributed by atoms with van der Waals surface area (Å²) in [5.74, 6) is 0.891. The number of carbonyl (C=O) groups excluding carboxylic acids is 1. The Bertz CT molecular complexity index is 1000. The van der Waals surface area contributed by atoms with Gasteiger partial charge in [-0.3, -0.25) is 5.32 Å². The van der Waals surface area contributed by atoms with Crippen molar-refractivity contribution in [2.24, 2.45) is 0 Å². The number of nitrogens with zero attached hydrogens (tertiary/aromatic N) is 3. The number of fused-ring (bicyclic) bond motifs is 1. The number of hydrogen-bond acceptors (Lipinski definition) is 6. The lowest BCUT2D eigenvalue weighted by Gasteiger charge is -2.12. The molecule has 2 aromatic heterocycles. The first-order valence-electron chi connectivity index (χ1n) is 9.77. The summed E-state index contributed by atoms with van der Waals surface area (Å²) in [7, 11) is 1.61. The van der Waals surface area contributed by atoms with E-state index in [4.69, 9.17) is 4.74 Å². The molecular weight excluding hydrogens is 368 g/mol. The minimum absolute atomic E-state index is 0.246. The van der Waals surface area contributed by atoms with Crippen LogP contribution in [-0.2, 0) is 6.54 Å². The van der Waals surface area contributed by atoms with Crippen LogP contribution in [0.25, 0.3) is 10.9 Å². The Labute approximate surface area is 169 Å². The zero-order valence-electron chi connectivity index (χ0n) is 16.3. The number of rotatable bonds is 6. The van der Waals surface area contributed by atoms with Crippen LogP contribution in [0.5, 0.6) is 5.88 Å². The molecule has 8 nitrogen and oxygen atoms in total. The monoisotopic (exact) mass is 392 g/mol. The number of pyridine rings is 1. The zero-order valence-corrected chi connectivity index (χ0v) is 16.3. The number of methoxy groups -OCH3 is 1. The quantitative estimate of drug-likeness (QED) is 0.591. The molecule has 1 saturated carbocycles. The van der Waals surface area contributed by atoms with E-state index in [0.29, 0.717) is 18.4 Å². The van der Waals surface area contributed by atoms with Gasteiger partial charge in [-0.15, -0.1) is 0 Å². The maximum absolute atomic E-state index is 12.2. The van der Waals surface area contributed by atoms with Gasteiger partial charge in [0.25, 0.3) is 0 Å². The Morgan fingerprint density at radius 2 is 2.07 bits per heavy atom. The van der Waals surface area contributed by atoms with Crippen LogP contribution in [0.1, 0.15) is 31.2 Å². The summed E-state index contributed by atoms with van der Waals surface area (Å²) in [6.07, 6.45) is 7.80. The third-order valence-electron chi connectivity index (χ3n) is 5.02. The summed E-state index contributed by atoms with van der Waals surface area (Å²) in [6.45, 7) is 0.572. The summed E-state index contributed by atoms with van der Waals surface area (Å²) >= 11 is 0. The Morgan fingerprint density at radius 1 is 1.21 bits per heavy atom. The van der Waals surface area contributed by atoms with Crippen LogP contribution in [0, 0.1) is 0 Å². The molecule has 2 amide bonds. The summed E-state index contributed by atoms with van der Waals surface area (Å²) < 4.78 is 5.29. The van der Waals surface area contributed by atoms with Crippen LogP contribution in [0.4, 0.5) is 16.4 Å². The molecule has 150 valence electrons. The molecule has 1 aliphatic carbocycles. The molecule has 1 fully saturated rings. The summed E-state index contributed by atoms with van der Waals surface area (Å²) in [5.41, 5.74) is 2.62. The van der Waals surface area contributed by atoms with Gasteiger partial charge in [0, 0.05) is 41.6 Å². The van der Waals surface area contributed by atoms with Crippen LogP contribution in [0.15, 0.2) is 42.7 Å². The van der Waals surface area contributed by atoms with Crippen LogP contribution < -0.4 is 20.7 Å². The van der Waals surface area contributed by atoms with Gasteiger partial charge in [-0.1, -0.05) is 18.9 Å². The fraction of sp³-hybridized carbons (Fsp3) is 0.333. The Morgan fingerprint density at radius 3 is 2.90 bits per heavy atom. The van der Waals surface area contributed by atoms with E-state index >= 15 is 0 Å². The van der Waals surface area contributed by atoms with Crippen molar-refractivity contribution in [3.63, 3.8) is 0 Å². The third kappa shape index (κ3) is 4.71. The van der Waals surface area contributed by atoms with E-state index in [2.05, 4.69) is 30.9 Å². The van der Waals surface area contributed by atoms with Crippen molar-refractivity contribution in [1.29, 1.82) is 0 Å². The van der Waals surface area contributed by atoms with E-state index < -0.39 is 0 Å². The molecule has 2 heterocycles. The van der Waals surface area contributed by atoms with Crippen molar-refractivity contribution in [2.45, 2.75) is 38.3 Å². The molecular formula is C21H24N6O2. The van der Waals surface area contributed by atoms with Gasteiger partial charge >= 0.3 is 6.03 Å². The minimum Gasteiger partial charge on any atom is -0.481 e. The second-order valence-corrected chi connectivity index (χ2v) is 7.07. The second-order valence-electron chi connectivity index (χ2n) is 7.07. The number of benzene rings is 1. The van der Waals surface area contributed by atoms with Crippen molar-refractivity contribution < 1.29 is 9.53 Å². The van der Waals surface area contributed by atoms with Crippen LogP contribution >= 0.6 is 0 Å². The molecule has 0 bridgehead atoms. The van der Waals surface area contributed by atoms with E-state index in [1.54, 1.807) is 19.5 Å². The van der Waals surface area contributed by atoms with Gasteiger partial charge in [0.2, 0.25) is 11.8 Å². The lowest BCUT2D eigenvalue weighted by Crippen LogP contribution is -2.36. The highest BCUT2D eigenvalue weighted by molar-refractivity contribution is 5.89. The summed E-state index contributed by atoms with van der Waals surface area (Å²) in [6, 6.07) is 9.67. The van der Waals surface area contributed by atoms with Gasteiger partial charge in [-0.25, -0.2) is 19.7 Å². The van der Waals surface area contributed by atoms with Gasteiger partial charge in [0.15, 0.2) is 0 Å². The van der Waals surface area contributed by atoms with E-state index in [9.17, 15) is 4.79 Å². The van der Waals surface area contributed by atoms with Gasteiger partial charge in [-0.05, 0) is 37.1 Å². The second kappa shape index (κ2) is 8.72. The van der Waals surface area contributed by atoms with Crippen LogP contribution in [0.2, 0.25) is 0 Å². The average molecular weight is 392 g/mol. The Hall–Kier alpha value is -3.42. The molecule has 0 spiro atoms. The fourth-order valence-electron chi connectivity index (χ4n) is 3.53. The van der Waals surface area contributed by atoms with Gasteiger partial charge in [0.1, 0.15) is 0 Å². The normalized spacial score (nSPS) is 14.0. The standard InChI is InChI=1S/C21H24N6O2/c1-29-19-15(5-4-10-22-19)13-23-17-9-8-14-12-24-20(26-18(14)11-17)27-21(28)25-16-6-2-3-7-16/h4-5,8-12,16,23H,2-3,6-7,13H2,1H3,(H2,24,25,26,27,28). The molecule has 29 heavy (non-hydrogen) atoms. The van der Waals surface area contributed by atoms with Gasteiger partial charge < -0.3 is 15.4 Å². The average Bonchev–Trinajstić information content (AvgIpc) is 3.25. The summed E-state index contributed by atoms with van der Waals surface area (Å²) in [4.78, 5) is 25.1. The largest absolute Gasteiger partial charge is 0.481 e. The van der Waals surface area contributed by atoms with Crippen molar-refractivity contribution in [2.75, 3.05) is 17.7 Å². The highest BCUT2D eigenvalue weighted by Crippen LogP contribution is 2.21. The molecule has 8 heteroatoms. The number of carbonyl (C=O) groups is 1. The molecule has 4 rings (SSSR count). The number of nitrogens with one attached hydrogen (secondary N) is 3. The van der Waals surface area contributed by atoms with Crippen molar-refractivity contribution in [3.05, 3.63) is 48.3 Å². The smallest absolute Gasteiger partial charge is 0.321 e. The molecule has 0 saturated heterocycles. The molecule has 0 unspecified atom stereocenters. The molecule has 0 atom stereocenters. The van der Waals surface area contributed by atoms with Crippen LogP contribution in [-0.4, -0.2) is 34.1 Å². The molecule has 3 N–H and O–H groups in total. The maximum Gasteiger partial charge on any atom is 0.321 e. The summed E-state index contributed by atoms with van der Waals surface area (Å²) in [5, 5.41) is 9.97. The first kappa shape index (κ1) is 18.9. The number of amides is 2. The first-order valence-corrected chi connectivity index (χ1v) is 9.77. The number of ether oxygens (including phenoxy) is 1. The number of hydrogen-bond donors (Lipinski definition) is 3. The topological polar surface area (TPSA) is 101 Å². The predicted molar refractivity (Wildman–Crippen MR) is 112 cm³/mol. The van der Waals surface area contributed by atoms with Crippen molar-refractivity contribution in [3.8, 4) is 5.88 Å². The van der Waals surface area contributed by atoms with Gasteiger partial charge in [-0.2, -0.15) is 0 Å². The van der Waals surface area contributed by atoms with E-state index in [-0.39, 0.29) is 12.1 Å². The van der Waals surface area contributed by atoms with E-state index in [1.165, 1.54) is 0 Å². The Balaban J connectivity index is 1.44. The van der Waals surface area contributed by atoms with Crippen LogP contribution in [0.3, 0.4) is 0 Å². The highest BCUT2D eigenvalue weighted by Gasteiger charge is 2.17. The number of urea groups is 1. The Kier molecular flexibility index (Phi) is 5.69. The number of anilines is 2. The maximum atomic E-state index is 12.2. The molecule has 1 aliphatic rings. The van der Waals surface area contributed by atoms with Crippen molar-refractivity contribution in [1.82, 2.24) is 20.3 Å². The highest BCUT2D eigenvalue weighted by atomic mass is 16.5. The SMILES string of the molecule is COc1ncccc1CNc1ccc2cnc(NC(=O)NC3CCCC3)nc2c1. The van der Waals surface area contributed by atoms with E-state index in [1.807, 2.05) is 30.3 Å². The lowest BCUT2D eigenvalue weighted by molar-refractivity contribution is 0.248. The minimum atomic E-state index is -0.255. The zero-order chi connectivity index (χ0) is 20.1. The van der Waals surface area contributed by atoms with Crippen molar-refractivity contribution >= 4 is 28.6 Å². The number of aromatic nitrogens is 3. The third-order valence-corrected chi connectivity index (χ3v) is 5.02. The molecule has 0 aliphatic heterocycles. The first-order chi connectivity index (χ1) is 14.2. The molecule has 1 aromatic carbocycles. The van der Waals surface area contributed by atoms with Gasteiger partial charge in [0.05, 0.1) is 12.6 Å². The molecule has 3 aromatic rings. The molecule has 0 radical (unpaired) electrons. The fourth-order valence-corrected chi connectivity index (χ4v) is 3.53.